The Hall–Kier alpha value is -3.33. The molecule has 3 aromatic rings. The van der Waals surface area contributed by atoms with Gasteiger partial charge >= 0.3 is 6.18 Å². The zero-order chi connectivity index (χ0) is 22.6. The summed E-state index contributed by atoms with van der Waals surface area (Å²) in [5.74, 6) is -0.428. The molecular formula is C22H19F3N2O3S. The molecule has 0 aliphatic rings. The molecule has 0 aliphatic carbocycles. The number of sulfone groups is 1. The van der Waals surface area contributed by atoms with Gasteiger partial charge in [0.15, 0.2) is 9.84 Å². The van der Waals surface area contributed by atoms with E-state index in [4.69, 9.17) is 0 Å². The molecular weight excluding hydrogens is 429 g/mol. The fourth-order valence-corrected chi connectivity index (χ4v) is 3.48. The van der Waals surface area contributed by atoms with Gasteiger partial charge in [0.25, 0.3) is 5.91 Å². The Morgan fingerprint density at radius 1 is 0.935 bits per heavy atom. The van der Waals surface area contributed by atoms with Gasteiger partial charge in [0.05, 0.1) is 21.7 Å². The van der Waals surface area contributed by atoms with Crippen LogP contribution in [0.3, 0.4) is 0 Å². The Bertz CT molecular complexity index is 1190. The summed E-state index contributed by atoms with van der Waals surface area (Å²) in [4.78, 5) is 12.8. The third kappa shape index (κ3) is 5.85. The van der Waals surface area contributed by atoms with Gasteiger partial charge in [0, 0.05) is 18.5 Å². The van der Waals surface area contributed by atoms with E-state index in [0.29, 0.717) is 11.3 Å². The predicted octanol–water partition coefficient (Wildman–Crippen LogP) is 4.78. The van der Waals surface area contributed by atoms with E-state index in [1.165, 1.54) is 24.3 Å². The summed E-state index contributed by atoms with van der Waals surface area (Å²) >= 11 is 0. The number of carbonyl (C=O) groups excluding carboxylic acids is 1. The minimum Gasteiger partial charge on any atom is -0.355 e. The van der Waals surface area contributed by atoms with E-state index < -0.39 is 27.5 Å². The monoisotopic (exact) mass is 448 g/mol. The number of amides is 1. The van der Waals surface area contributed by atoms with Crippen molar-refractivity contribution in [3.63, 3.8) is 0 Å². The van der Waals surface area contributed by atoms with E-state index in [9.17, 15) is 26.4 Å². The second-order valence-electron chi connectivity index (χ2n) is 6.85. The molecule has 5 nitrogen and oxygen atoms in total. The number of hydrogen-bond donors (Lipinski definition) is 2. The zero-order valence-corrected chi connectivity index (χ0v) is 17.2. The van der Waals surface area contributed by atoms with E-state index in [0.717, 1.165) is 18.4 Å². The number of anilines is 2. The molecule has 162 valence electrons. The molecule has 0 spiro atoms. The predicted molar refractivity (Wildman–Crippen MR) is 112 cm³/mol. The van der Waals surface area contributed by atoms with E-state index >= 15 is 0 Å². The van der Waals surface area contributed by atoms with Crippen molar-refractivity contribution in [1.82, 2.24) is 5.32 Å². The summed E-state index contributed by atoms with van der Waals surface area (Å²) in [5.41, 5.74) is 0.715. The van der Waals surface area contributed by atoms with Crippen molar-refractivity contribution < 1.29 is 26.4 Å². The minimum atomic E-state index is -4.47. The molecule has 0 unspecified atom stereocenters. The van der Waals surface area contributed by atoms with Crippen molar-refractivity contribution in [2.24, 2.45) is 0 Å². The van der Waals surface area contributed by atoms with Gasteiger partial charge in [-0.1, -0.05) is 30.3 Å². The molecule has 0 atom stereocenters. The van der Waals surface area contributed by atoms with Crippen molar-refractivity contribution in [3.05, 3.63) is 89.5 Å². The molecule has 0 aromatic heterocycles. The largest absolute Gasteiger partial charge is 0.416 e. The van der Waals surface area contributed by atoms with Crippen molar-refractivity contribution in [1.29, 1.82) is 0 Å². The van der Waals surface area contributed by atoms with Crippen LogP contribution >= 0.6 is 0 Å². The lowest BCUT2D eigenvalue weighted by atomic mass is 10.1. The SMILES string of the molecule is CS(=O)(=O)c1ccc(CNC(=O)c2ccccc2Nc2cccc(C(F)(F)F)c2)cc1. The maximum Gasteiger partial charge on any atom is 0.416 e. The van der Waals surface area contributed by atoms with Gasteiger partial charge in [-0.15, -0.1) is 0 Å². The minimum absolute atomic E-state index is 0.154. The summed E-state index contributed by atoms with van der Waals surface area (Å²) in [5, 5.41) is 5.59. The van der Waals surface area contributed by atoms with E-state index in [2.05, 4.69) is 10.6 Å². The van der Waals surface area contributed by atoms with Crippen LogP contribution in [0.15, 0.2) is 77.7 Å². The highest BCUT2D eigenvalue weighted by atomic mass is 32.2. The summed E-state index contributed by atoms with van der Waals surface area (Å²) in [6, 6.07) is 17.3. The number of rotatable bonds is 6. The highest BCUT2D eigenvalue weighted by Crippen LogP contribution is 2.31. The van der Waals surface area contributed by atoms with Gasteiger partial charge in [0.1, 0.15) is 0 Å². The van der Waals surface area contributed by atoms with Crippen molar-refractivity contribution in [3.8, 4) is 0 Å². The lowest BCUT2D eigenvalue weighted by molar-refractivity contribution is -0.137. The zero-order valence-electron chi connectivity index (χ0n) is 16.4. The molecule has 9 heteroatoms. The standard InChI is InChI=1S/C22H19F3N2O3S/c1-31(29,30)18-11-9-15(10-12-18)14-26-21(28)19-7-2-3-8-20(19)27-17-6-4-5-16(13-17)22(23,24)25/h2-13,27H,14H2,1H3,(H,26,28). The van der Waals surface area contributed by atoms with Gasteiger partial charge in [-0.2, -0.15) is 13.2 Å². The summed E-state index contributed by atoms with van der Waals surface area (Å²) in [6.07, 6.45) is -3.36. The number of nitrogens with one attached hydrogen (secondary N) is 2. The van der Waals surface area contributed by atoms with Crippen LogP contribution in [0.25, 0.3) is 0 Å². The van der Waals surface area contributed by atoms with Gasteiger partial charge in [-0.3, -0.25) is 4.79 Å². The van der Waals surface area contributed by atoms with Gasteiger partial charge in [-0.05, 0) is 48.0 Å². The molecule has 0 heterocycles. The first-order valence-corrected chi connectivity index (χ1v) is 11.0. The first kappa shape index (κ1) is 22.4. The fraction of sp³-hybridized carbons (Fsp3) is 0.136. The van der Waals surface area contributed by atoms with Crippen molar-refractivity contribution in [2.45, 2.75) is 17.6 Å². The van der Waals surface area contributed by atoms with Crippen LogP contribution in [0.4, 0.5) is 24.5 Å². The van der Waals surface area contributed by atoms with Crippen LogP contribution in [0.2, 0.25) is 0 Å². The van der Waals surface area contributed by atoms with Crippen LogP contribution in [0.1, 0.15) is 21.5 Å². The smallest absolute Gasteiger partial charge is 0.355 e. The molecule has 0 bridgehead atoms. The normalized spacial score (nSPS) is 11.7. The number of halogens is 3. The molecule has 0 radical (unpaired) electrons. The summed E-state index contributed by atoms with van der Waals surface area (Å²) in [6.45, 7) is 0.154. The molecule has 3 rings (SSSR count). The Morgan fingerprint density at radius 2 is 1.61 bits per heavy atom. The average Bonchev–Trinajstić information content (AvgIpc) is 2.72. The lowest BCUT2D eigenvalue weighted by Crippen LogP contribution is -2.23. The molecule has 0 saturated carbocycles. The van der Waals surface area contributed by atoms with Crippen LogP contribution in [0.5, 0.6) is 0 Å². The molecule has 3 aromatic carbocycles. The lowest BCUT2D eigenvalue weighted by Gasteiger charge is -2.14. The second-order valence-corrected chi connectivity index (χ2v) is 8.86. The van der Waals surface area contributed by atoms with Gasteiger partial charge < -0.3 is 10.6 Å². The van der Waals surface area contributed by atoms with Crippen molar-refractivity contribution in [2.75, 3.05) is 11.6 Å². The van der Waals surface area contributed by atoms with Crippen LogP contribution in [0, 0.1) is 0 Å². The van der Waals surface area contributed by atoms with E-state index in [-0.39, 0.29) is 22.7 Å². The summed E-state index contributed by atoms with van der Waals surface area (Å²) in [7, 11) is -3.31. The molecule has 0 aliphatic heterocycles. The third-order valence-electron chi connectivity index (χ3n) is 4.45. The fourth-order valence-electron chi connectivity index (χ4n) is 2.85. The number of benzene rings is 3. The maximum absolute atomic E-state index is 12.9. The highest BCUT2D eigenvalue weighted by Gasteiger charge is 2.30. The van der Waals surface area contributed by atoms with Crippen molar-refractivity contribution >= 4 is 27.1 Å². The highest BCUT2D eigenvalue weighted by molar-refractivity contribution is 7.90. The maximum atomic E-state index is 12.9. The topological polar surface area (TPSA) is 75.3 Å². The molecule has 0 fully saturated rings. The Balaban J connectivity index is 1.73. The molecule has 31 heavy (non-hydrogen) atoms. The van der Waals surface area contributed by atoms with Gasteiger partial charge in [-0.25, -0.2) is 8.42 Å². The number of carbonyl (C=O) groups is 1. The first-order chi connectivity index (χ1) is 14.5. The Kier molecular flexibility index (Phi) is 6.35. The van der Waals surface area contributed by atoms with E-state index in [1.54, 1.807) is 36.4 Å². The Labute approximate surface area is 177 Å². The van der Waals surface area contributed by atoms with Crippen LogP contribution in [-0.2, 0) is 22.6 Å². The third-order valence-corrected chi connectivity index (χ3v) is 5.57. The van der Waals surface area contributed by atoms with E-state index in [1.807, 2.05) is 0 Å². The first-order valence-electron chi connectivity index (χ1n) is 9.14. The van der Waals surface area contributed by atoms with Crippen LogP contribution in [-0.4, -0.2) is 20.6 Å². The quantitative estimate of drug-likeness (QED) is 0.569. The number of para-hydroxylation sites is 1. The number of alkyl halides is 3. The second kappa shape index (κ2) is 8.81. The molecule has 1 amide bonds. The Morgan fingerprint density at radius 3 is 2.26 bits per heavy atom. The summed E-state index contributed by atoms with van der Waals surface area (Å²) < 4.78 is 61.9. The average molecular weight is 448 g/mol. The molecule has 2 N–H and O–H groups in total. The number of hydrogen-bond acceptors (Lipinski definition) is 4. The van der Waals surface area contributed by atoms with Crippen LogP contribution < -0.4 is 10.6 Å². The van der Waals surface area contributed by atoms with Gasteiger partial charge in [0.2, 0.25) is 0 Å². The molecule has 0 saturated heterocycles.